The van der Waals surface area contributed by atoms with Gasteiger partial charge in [0.15, 0.2) is 5.89 Å². The topological polar surface area (TPSA) is 42.2 Å². The normalized spacial score (nSPS) is 20.3. The van der Waals surface area contributed by atoms with Crippen molar-refractivity contribution in [2.24, 2.45) is 0 Å². The van der Waals surface area contributed by atoms with Crippen molar-refractivity contribution in [1.82, 2.24) is 14.9 Å². The van der Waals surface area contributed by atoms with Crippen LogP contribution >= 0.6 is 11.3 Å². The Morgan fingerprint density at radius 2 is 2.29 bits per heavy atom. The quantitative estimate of drug-likeness (QED) is 0.845. The van der Waals surface area contributed by atoms with Gasteiger partial charge in [0, 0.05) is 17.5 Å². The van der Waals surface area contributed by atoms with Crippen LogP contribution in [-0.2, 0) is 6.54 Å². The summed E-state index contributed by atoms with van der Waals surface area (Å²) in [5, 5.41) is 3.30. The average Bonchev–Trinajstić information content (AvgIpc) is 3.10. The second-order valence-electron chi connectivity index (χ2n) is 6.07. The van der Waals surface area contributed by atoms with Gasteiger partial charge in [0.2, 0.25) is 0 Å². The number of piperidine rings is 1. The molecule has 4 nitrogen and oxygen atoms in total. The maximum Gasteiger partial charge on any atom is 0.197 e. The summed E-state index contributed by atoms with van der Waals surface area (Å²) < 4.78 is 5.97. The van der Waals surface area contributed by atoms with E-state index in [0.717, 1.165) is 30.4 Å². The Morgan fingerprint density at radius 1 is 1.43 bits per heavy atom. The van der Waals surface area contributed by atoms with Gasteiger partial charge in [0.25, 0.3) is 0 Å². The maximum atomic E-state index is 5.97. The summed E-state index contributed by atoms with van der Waals surface area (Å²) in [5.74, 6) is 2.21. The van der Waals surface area contributed by atoms with Crippen LogP contribution in [0.3, 0.4) is 0 Å². The van der Waals surface area contributed by atoms with E-state index in [9.17, 15) is 0 Å². The molecule has 2 aromatic rings. The lowest BCUT2D eigenvalue weighted by molar-refractivity contribution is 0.128. The minimum atomic E-state index is 0.341. The van der Waals surface area contributed by atoms with Crippen molar-refractivity contribution in [1.29, 1.82) is 0 Å². The molecular formula is C16H23N3OS. The lowest BCUT2D eigenvalue weighted by atomic mass is 10.0. The number of oxazole rings is 1. The van der Waals surface area contributed by atoms with E-state index < -0.39 is 0 Å². The SMILES string of the molecule is Cc1nc(C(C)C)oc1CN1CCCC[C@H]1c1nccs1. The molecule has 5 heteroatoms. The molecule has 0 saturated carbocycles. The first-order valence-electron chi connectivity index (χ1n) is 7.74. The highest BCUT2D eigenvalue weighted by Gasteiger charge is 2.27. The predicted octanol–water partition coefficient (Wildman–Crippen LogP) is 4.29. The van der Waals surface area contributed by atoms with Crippen molar-refractivity contribution in [3.8, 4) is 0 Å². The third kappa shape index (κ3) is 3.19. The largest absolute Gasteiger partial charge is 0.444 e. The Kier molecular flexibility index (Phi) is 4.40. The van der Waals surface area contributed by atoms with Crippen molar-refractivity contribution in [3.05, 3.63) is 33.9 Å². The monoisotopic (exact) mass is 305 g/mol. The smallest absolute Gasteiger partial charge is 0.197 e. The Hall–Kier alpha value is -1.20. The molecule has 1 saturated heterocycles. The molecular weight excluding hydrogens is 282 g/mol. The molecule has 0 aliphatic carbocycles. The highest BCUT2D eigenvalue weighted by Crippen LogP contribution is 2.33. The van der Waals surface area contributed by atoms with Crippen molar-refractivity contribution < 1.29 is 4.42 Å². The van der Waals surface area contributed by atoms with Gasteiger partial charge in [0.05, 0.1) is 18.3 Å². The zero-order valence-corrected chi connectivity index (χ0v) is 13.8. The molecule has 114 valence electrons. The lowest BCUT2D eigenvalue weighted by Gasteiger charge is -2.33. The fourth-order valence-corrected chi connectivity index (χ4v) is 3.69. The molecule has 1 fully saturated rings. The number of hydrogen-bond donors (Lipinski definition) is 0. The Labute approximate surface area is 130 Å². The van der Waals surface area contributed by atoms with E-state index in [1.165, 1.54) is 24.3 Å². The molecule has 0 amide bonds. The van der Waals surface area contributed by atoms with Crippen molar-refractivity contribution >= 4 is 11.3 Å². The van der Waals surface area contributed by atoms with E-state index in [4.69, 9.17) is 4.42 Å². The van der Waals surface area contributed by atoms with Crippen LogP contribution in [0.25, 0.3) is 0 Å². The summed E-state index contributed by atoms with van der Waals surface area (Å²) in [5.41, 5.74) is 1.03. The molecule has 1 aliphatic rings. The molecule has 0 unspecified atom stereocenters. The lowest BCUT2D eigenvalue weighted by Crippen LogP contribution is -2.32. The van der Waals surface area contributed by atoms with Gasteiger partial charge in [0.1, 0.15) is 10.8 Å². The van der Waals surface area contributed by atoms with Crippen LogP contribution < -0.4 is 0 Å². The summed E-state index contributed by atoms with van der Waals surface area (Å²) in [7, 11) is 0. The first-order chi connectivity index (χ1) is 10.1. The molecule has 0 spiro atoms. The number of nitrogens with zero attached hydrogens (tertiary/aromatic N) is 3. The van der Waals surface area contributed by atoms with Crippen LogP contribution in [-0.4, -0.2) is 21.4 Å². The fraction of sp³-hybridized carbons (Fsp3) is 0.625. The van der Waals surface area contributed by atoms with Gasteiger partial charge in [-0.25, -0.2) is 9.97 Å². The standard InChI is InChI=1S/C16H23N3OS/c1-11(2)15-18-12(3)14(20-15)10-19-8-5-4-6-13(19)16-17-7-9-21-16/h7,9,11,13H,4-6,8,10H2,1-3H3/t13-/m0/s1. The van der Waals surface area contributed by atoms with Crippen LogP contribution in [0, 0.1) is 6.92 Å². The molecule has 0 N–H and O–H groups in total. The summed E-state index contributed by atoms with van der Waals surface area (Å²) in [4.78, 5) is 11.6. The fourth-order valence-electron chi connectivity index (χ4n) is 2.89. The van der Waals surface area contributed by atoms with E-state index >= 15 is 0 Å². The van der Waals surface area contributed by atoms with Crippen molar-refractivity contribution in [3.63, 3.8) is 0 Å². The Bertz CT molecular complexity index is 576. The molecule has 2 aromatic heterocycles. The van der Waals surface area contributed by atoms with E-state index in [2.05, 4.69) is 34.1 Å². The van der Waals surface area contributed by atoms with Crippen LogP contribution in [0.15, 0.2) is 16.0 Å². The predicted molar refractivity (Wildman–Crippen MR) is 84.4 cm³/mol. The minimum Gasteiger partial charge on any atom is -0.444 e. The highest BCUT2D eigenvalue weighted by molar-refractivity contribution is 7.09. The second-order valence-corrected chi connectivity index (χ2v) is 6.99. The first-order valence-corrected chi connectivity index (χ1v) is 8.62. The van der Waals surface area contributed by atoms with Gasteiger partial charge in [-0.2, -0.15) is 0 Å². The van der Waals surface area contributed by atoms with Crippen LogP contribution in [0.4, 0.5) is 0 Å². The molecule has 0 aromatic carbocycles. The summed E-state index contributed by atoms with van der Waals surface area (Å²) in [6, 6.07) is 0.436. The van der Waals surface area contributed by atoms with Crippen molar-refractivity contribution in [2.75, 3.05) is 6.54 Å². The van der Waals surface area contributed by atoms with Crippen molar-refractivity contribution in [2.45, 2.75) is 58.5 Å². The van der Waals surface area contributed by atoms with E-state index in [-0.39, 0.29) is 0 Å². The molecule has 0 radical (unpaired) electrons. The zero-order valence-electron chi connectivity index (χ0n) is 13.0. The summed E-state index contributed by atoms with van der Waals surface area (Å²) in [6.07, 6.45) is 5.64. The number of hydrogen-bond acceptors (Lipinski definition) is 5. The summed E-state index contributed by atoms with van der Waals surface area (Å²) in [6.45, 7) is 8.24. The van der Waals surface area contributed by atoms with Gasteiger partial charge in [-0.05, 0) is 26.3 Å². The van der Waals surface area contributed by atoms with Gasteiger partial charge in [-0.15, -0.1) is 11.3 Å². The number of aryl methyl sites for hydroxylation is 1. The average molecular weight is 305 g/mol. The number of aromatic nitrogens is 2. The van der Waals surface area contributed by atoms with E-state index in [1.54, 1.807) is 11.3 Å². The molecule has 3 rings (SSSR count). The van der Waals surface area contributed by atoms with Gasteiger partial charge < -0.3 is 4.42 Å². The van der Waals surface area contributed by atoms with Crippen LogP contribution in [0.2, 0.25) is 0 Å². The van der Waals surface area contributed by atoms with Gasteiger partial charge in [-0.1, -0.05) is 20.3 Å². The Balaban J connectivity index is 1.78. The van der Waals surface area contributed by atoms with Crippen LogP contribution in [0.1, 0.15) is 67.4 Å². The molecule has 21 heavy (non-hydrogen) atoms. The second kappa shape index (κ2) is 6.28. The molecule has 0 bridgehead atoms. The molecule has 1 aliphatic heterocycles. The minimum absolute atomic E-state index is 0.341. The number of likely N-dealkylation sites (tertiary alicyclic amines) is 1. The van der Waals surface area contributed by atoms with Crippen LogP contribution in [0.5, 0.6) is 0 Å². The zero-order chi connectivity index (χ0) is 14.8. The van der Waals surface area contributed by atoms with E-state index in [0.29, 0.717) is 12.0 Å². The molecule has 3 heterocycles. The first kappa shape index (κ1) is 14.7. The summed E-state index contributed by atoms with van der Waals surface area (Å²) >= 11 is 1.76. The maximum absolute atomic E-state index is 5.97. The van der Waals surface area contributed by atoms with Gasteiger partial charge in [-0.3, -0.25) is 4.90 Å². The molecule has 1 atom stereocenters. The van der Waals surface area contributed by atoms with E-state index in [1.807, 2.05) is 13.1 Å². The Morgan fingerprint density at radius 3 is 2.95 bits per heavy atom. The number of thiazole rings is 1. The third-order valence-electron chi connectivity index (χ3n) is 4.10. The highest BCUT2D eigenvalue weighted by atomic mass is 32.1. The number of rotatable bonds is 4. The third-order valence-corrected chi connectivity index (χ3v) is 4.98. The van der Waals surface area contributed by atoms with Gasteiger partial charge >= 0.3 is 0 Å².